The monoisotopic (exact) mass is 244 g/mol. The van der Waals surface area contributed by atoms with Gasteiger partial charge < -0.3 is 9.67 Å². The standard InChI is InChI=1S/C10H16N2O3S/c1-2-12-5-4-11-9(12)7-10(13)3-6-16(14,15)8-10/h4-5,13H,2-3,6-8H2,1H3. The average Bonchev–Trinajstić information content (AvgIpc) is 2.71. The van der Waals surface area contributed by atoms with Crippen LogP contribution in [0.4, 0.5) is 0 Å². The molecular weight excluding hydrogens is 228 g/mol. The number of hydrogen-bond acceptors (Lipinski definition) is 4. The first-order valence-corrected chi connectivity index (χ1v) is 7.19. The predicted octanol–water partition coefficient (Wildman–Crippen LogP) is -0.00490. The number of aromatic nitrogens is 2. The molecule has 0 radical (unpaired) electrons. The van der Waals surface area contributed by atoms with Gasteiger partial charge in [-0.1, -0.05) is 0 Å². The summed E-state index contributed by atoms with van der Waals surface area (Å²) in [5.74, 6) is 0.689. The van der Waals surface area contributed by atoms with Gasteiger partial charge in [0.1, 0.15) is 5.82 Å². The zero-order chi connectivity index (χ0) is 11.8. The van der Waals surface area contributed by atoms with Crippen molar-refractivity contribution in [2.24, 2.45) is 0 Å². The summed E-state index contributed by atoms with van der Waals surface area (Å²) >= 11 is 0. The van der Waals surface area contributed by atoms with Crippen LogP contribution in [0.25, 0.3) is 0 Å². The van der Waals surface area contributed by atoms with Crippen LogP contribution < -0.4 is 0 Å². The van der Waals surface area contributed by atoms with Crippen LogP contribution in [0.5, 0.6) is 0 Å². The minimum atomic E-state index is -3.06. The van der Waals surface area contributed by atoms with E-state index < -0.39 is 15.4 Å². The lowest BCUT2D eigenvalue weighted by atomic mass is 9.99. The fourth-order valence-corrected chi connectivity index (χ4v) is 4.03. The van der Waals surface area contributed by atoms with E-state index in [1.54, 1.807) is 6.20 Å². The van der Waals surface area contributed by atoms with Crippen molar-refractivity contribution in [1.82, 2.24) is 9.55 Å². The third-order valence-corrected chi connectivity index (χ3v) is 4.80. The van der Waals surface area contributed by atoms with Gasteiger partial charge in [-0.2, -0.15) is 0 Å². The van der Waals surface area contributed by atoms with Crippen LogP contribution in [0, 0.1) is 0 Å². The van der Waals surface area contributed by atoms with Crippen LogP contribution >= 0.6 is 0 Å². The molecule has 1 saturated heterocycles. The summed E-state index contributed by atoms with van der Waals surface area (Å²) in [6.07, 6.45) is 4.13. The summed E-state index contributed by atoms with van der Waals surface area (Å²) in [5, 5.41) is 10.2. The highest BCUT2D eigenvalue weighted by molar-refractivity contribution is 7.91. The van der Waals surface area contributed by atoms with E-state index in [0.717, 1.165) is 12.4 Å². The van der Waals surface area contributed by atoms with Crippen molar-refractivity contribution in [2.75, 3.05) is 11.5 Å². The summed E-state index contributed by atoms with van der Waals surface area (Å²) in [4.78, 5) is 4.15. The van der Waals surface area contributed by atoms with Gasteiger partial charge in [0.25, 0.3) is 0 Å². The Balaban J connectivity index is 2.16. The molecule has 1 aromatic rings. The molecule has 0 saturated carbocycles. The lowest BCUT2D eigenvalue weighted by Crippen LogP contribution is -2.33. The zero-order valence-electron chi connectivity index (χ0n) is 9.26. The van der Waals surface area contributed by atoms with E-state index in [-0.39, 0.29) is 11.5 Å². The van der Waals surface area contributed by atoms with Crippen LogP contribution in [-0.4, -0.2) is 40.2 Å². The molecule has 1 unspecified atom stereocenters. The molecule has 0 aromatic carbocycles. The Hall–Kier alpha value is -0.880. The maximum Gasteiger partial charge on any atom is 0.153 e. The van der Waals surface area contributed by atoms with Crippen molar-refractivity contribution in [3.05, 3.63) is 18.2 Å². The molecule has 1 fully saturated rings. The van der Waals surface area contributed by atoms with Crippen LogP contribution in [0.1, 0.15) is 19.2 Å². The van der Waals surface area contributed by atoms with Crippen molar-refractivity contribution >= 4 is 9.84 Å². The molecule has 1 N–H and O–H groups in total. The van der Waals surface area contributed by atoms with Crippen LogP contribution in [0.15, 0.2) is 12.4 Å². The Labute approximate surface area is 95.0 Å². The third-order valence-electron chi connectivity index (χ3n) is 3.00. The molecule has 1 atom stereocenters. The SMILES string of the molecule is CCn1ccnc1CC1(O)CCS(=O)(=O)C1. The molecule has 5 nitrogen and oxygen atoms in total. The Morgan fingerprint density at radius 1 is 1.62 bits per heavy atom. The normalized spacial score (nSPS) is 28.4. The highest BCUT2D eigenvalue weighted by atomic mass is 32.2. The molecule has 0 aliphatic carbocycles. The molecule has 16 heavy (non-hydrogen) atoms. The van der Waals surface area contributed by atoms with E-state index >= 15 is 0 Å². The van der Waals surface area contributed by atoms with Gasteiger partial charge in [-0.3, -0.25) is 0 Å². The van der Waals surface area contributed by atoms with Gasteiger partial charge in [-0.05, 0) is 13.3 Å². The summed E-state index contributed by atoms with van der Waals surface area (Å²) in [5.41, 5.74) is -1.13. The summed E-state index contributed by atoms with van der Waals surface area (Å²) in [7, 11) is -3.06. The van der Waals surface area contributed by atoms with E-state index in [9.17, 15) is 13.5 Å². The molecule has 2 rings (SSSR count). The smallest absolute Gasteiger partial charge is 0.153 e. The Morgan fingerprint density at radius 3 is 2.94 bits per heavy atom. The topological polar surface area (TPSA) is 72.2 Å². The molecule has 0 bridgehead atoms. The van der Waals surface area contributed by atoms with Gasteiger partial charge in [0.15, 0.2) is 9.84 Å². The fourth-order valence-electron chi connectivity index (χ4n) is 2.13. The van der Waals surface area contributed by atoms with E-state index in [1.165, 1.54) is 0 Å². The lowest BCUT2D eigenvalue weighted by Gasteiger charge is -2.20. The van der Waals surface area contributed by atoms with Crippen molar-refractivity contribution in [3.63, 3.8) is 0 Å². The highest BCUT2D eigenvalue weighted by Crippen LogP contribution is 2.26. The second-order valence-corrected chi connectivity index (χ2v) is 6.56. The third kappa shape index (κ3) is 2.27. The number of nitrogens with zero attached hydrogens (tertiary/aromatic N) is 2. The summed E-state index contributed by atoms with van der Waals surface area (Å²) in [6, 6.07) is 0. The van der Waals surface area contributed by atoms with Gasteiger partial charge in [-0.25, -0.2) is 13.4 Å². The maximum atomic E-state index is 11.3. The zero-order valence-corrected chi connectivity index (χ0v) is 10.1. The van der Waals surface area contributed by atoms with Gasteiger partial charge >= 0.3 is 0 Å². The predicted molar refractivity (Wildman–Crippen MR) is 59.8 cm³/mol. The lowest BCUT2D eigenvalue weighted by molar-refractivity contribution is 0.0652. The summed E-state index contributed by atoms with van der Waals surface area (Å²) < 4.78 is 24.6. The van der Waals surface area contributed by atoms with Gasteiger partial charge in [0.2, 0.25) is 0 Å². The van der Waals surface area contributed by atoms with Crippen LogP contribution in [0.3, 0.4) is 0 Å². The second kappa shape index (κ2) is 3.85. The van der Waals surface area contributed by atoms with Crippen molar-refractivity contribution in [1.29, 1.82) is 0 Å². The molecule has 90 valence electrons. The Kier molecular flexibility index (Phi) is 2.79. The van der Waals surface area contributed by atoms with E-state index in [4.69, 9.17) is 0 Å². The van der Waals surface area contributed by atoms with Gasteiger partial charge in [0.05, 0.1) is 17.1 Å². The summed E-state index contributed by atoms with van der Waals surface area (Å²) in [6.45, 7) is 2.76. The highest BCUT2D eigenvalue weighted by Gasteiger charge is 2.41. The number of hydrogen-bond donors (Lipinski definition) is 1. The van der Waals surface area contributed by atoms with E-state index in [2.05, 4.69) is 4.98 Å². The number of aryl methyl sites for hydroxylation is 1. The number of imidazole rings is 1. The Bertz CT molecular complexity index is 480. The largest absolute Gasteiger partial charge is 0.388 e. The van der Waals surface area contributed by atoms with Gasteiger partial charge in [0, 0.05) is 25.4 Å². The first-order valence-electron chi connectivity index (χ1n) is 5.37. The molecule has 0 spiro atoms. The van der Waals surface area contributed by atoms with Crippen LogP contribution in [0.2, 0.25) is 0 Å². The minimum absolute atomic E-state index is 0.0797. The quantitative estimate of drug-likeness (QED) is 0.812. The molecule has 1 aliphatic heterocycles. The molecule has 1 aromatic heterocycles. The van der Waals surface area contributed by atoms with Crippen molar-refractivity contribution < 1.29 is 13.5 Å². The number of rotatable bonds is 3. The average molecular weight is 244 g/mol. The molecule has 1 aliphatic rings. The molecule has 0 amide bonds. The van der Waals surface area contributed by atoms with E-state index in [0.29, 0.717) is 12.8 Å². The van der Waals surface area contributed by atoms with Crippen LogP contribution in [-0.2, 0) is 22.8 Å². The number of sulfone groups is 1. The first-order chi connectivity index (χ1) is 7.44. The second-order valence-electron chi connectivity index (χ2n) is 4.37. The molecule has 6 heteroatoms. The minimum Gasteiger partial charge on any atom is -0.388 e. The van der Waals surface area contributed by atoms with E-state index in [1.807, 2.05) is 17.7 Å². The van der Waals surface area contributed by atoms with Crippen molar-refractivity contribution in [2.45, 2.75) is 31.9 Å². The number of aliphatic hydroxyl groups is 1. The maximum absolute atomic E-state index is 11.3. The molecule has 2 heterocycles. The fraction of sp³-hybridized carbons (Fsp3) is 0.700. The van der Waals surface area contributed by atoms with Crippen molar-refractivity contribution in [3.8, 4) is 0 Å². The van der Waals surface area contributed by atoms with Gasteiger partial charge in [-0.15, -0.1) is 0 Å². The Morgan fingerprint density at radius 2 is 2.38 bits per heavy atom. The first kappa shape index (κ1) is 11.6. The molecular formula is C10H16N2O3S.